The standard InChI is InChI=1S/C16H16Cl2N2O3S/c17-15-7-6-13(12-16(15)18)19-24(21,20-8-10-22-11-9-20)23-14-4-2-1-3-5-14/h1-7,12H,8-11H2. The molecule has 0 N–H and O–H groups in total. The van der Waals surface area contributed by atoms with E-state index in [4.69, 9.17) is 32.1 Å². The van der Waals surface area contributed by atoms with Crippen molar-refractivity contribution in [3.63, 3.8) is 0 Å². The molecular weight excluding hydrogens is 371 g/mol. The van der Waals surface area contributed by atoms with Gasteiger partial charge in [-0.25, -0.2) is 0 Å². The number of halogens is 2. The van der Waals surface area contributed by atoms with E-state index >= 15 is 0 Å². The minimum Gasteiger partial charge on any atom is -0.385 e. The Morgan fingerprint density at radius 2 is 1.75 bits per heavy atom. The van der Waals surface area contributed by atoms with Crippen LogP contribution in [0.3, 0.4) is 0 Å². The zero-order valence-corrected chi connectivity index (χ0v) is 15.1. The Morgan fingerprint density at radius 3 is 2.42 bits per heavy atom. The molecule has 2 aromatic carbocycles. The van der Waals surface area contributed by atoms with Crippen molar-refractivity contribution < 1.29 is 13.1 Å². The predicted molar refractivity (Wildman–Crippen MR) is 96.2 cm³/mol. The van der Waals surface area contributed by atoms with Gasteiger partial charge in [0, 0.05) is 13.1 Å². The molecule has 5 nitrogen and oxygen atoms in total. The fourth-order valence-corrected chi connectivity index (χ4v) is 4.09. The number of hydrogen-bond acceptors (Lipinski definition) is 4. The third-order valence-electron chi connectivity index (χ3n) is 3.37. The summed E-state index contributed by atoms with van der Waals surface area (Å²) in [7, 11) is -3.15. The monoisotopic (exact) mass is 386 g/mol. The van der Waals surface area contributed by atoms with Gasteiger partial charge >= 0.3 is 0 Å². The number of morpholine rings is 1. The van der Waals surface area contributed by atoms with Crippen molar-refractivity contribution in [3.05, 3.63) is 58.6 Å². The summed E-state index contributed by atoms with van der Waals surface area (Å²) >= 11 is 12.0. The highest BCUT2D eigenvalue weighted by Gasteiger charge is 2.25. The molecule has 0 saturated carbocycles. The third-order valence-corrected chi connectivity index (χ3v) is 5.98. The molecule has 128 valence electrons. The Kier molecular flexibility index (Phi) is 5.63. The van der Waals surface area contributed by atoms with Crippen molar-refractivity contribution >= 4 is 39.1 Å². The fraction of sp³-hybridized carbons (Fsp3) is 0.250. The molecule has 0 amide bonds. The maximum atomic E-state index is 13.5. The molecule has 1 unspecified atom stereocenters. The van der Waals surface area contributed by atoms with Crippen LogP contribution in [0, 0.1) is 0 Å². The molecule has 8 heteroatoms. The average molecular weight is 387 g/mol. The van der Waals surface area contributed by atoms with Crippen molar-refractivity contribution in [2.75, 3.05) is 26.3 Å². The molecule has 0 bridgehead atoms. The van der Waals surface area contributed by atoms with E-state index in [1.165, 1.54) is 0 Å². The highest BCUT2D eigenvalue weighted by atomic mass is 35.5. The van der Waals surface area contributed by atoms with Crippen LogP contribution in [0.4, 0.5) is 5.69 Å². The Morgan fingerprint density at radius 1 is 1.04 bits per heavy atom. The van der Waals surface area contributed by atoms with Crippen molar-refractivity contribution in [2.24, 2.45) is 4.36 Å². The predicted octanol–water partition coefficient (Wildman–Crippen LogP) is 4.33. The summed E-state index contributed by atoms with van der Waals surface area (Å²) in [5.41, 5.74) is 0.442. The Balaban J connectivity index is 2.01. The number of benzene rings is 2. The summed E-state index contributed by atoms with van der Waals surface area (Å²) in [5, 5.41) is 0.763. The molecule has 2 aromatic rings. The van der Waals surface area contributed by atoms with Crippen LogP contribution in [-0.2, 0) is 14.9 Å². The van der Waals surface area contributed by atoms with Gasteiger partial charge in [0.25, 0.3) is 10.2 Å². The van der Waals surface area contributed by atoms with E-state index in [-0.39, 0.29) is 0 Å². The summed E-state index contributed by atoms with van der Waals surface area (Å²) < 4.78 is 30.6. The van der Waals surface area contributed by atoms with E-state index in [0.717, 1.165) is 0 Å². The molecule has 1 fully saturated rings. The fourth-order valence-electron chi connectivity index (χ4n) is 2.18. The molecule has 24 heavy (non-hydrogen) atoms. The molecule has 1 heterocycles. The highest BCUT2D eigenvalue weighted by molar-refractivity contribution is 7.87. The van der Waals surface area contributed by atoms with Crippen molar-refractivity contribution in [2.45, 2.75) is 0 Å². The molecule has 0 aromatic heterocycles. The molecule has 1 aliphatic heterocycles. The van der Waals surface area contributed by atoms with Gasteiger partial charge in [0.2, 0.25) is 0 Å². The lowest BCUT2D eigenvalue weighted by molar-refractivity contribution is 0.0719. The smallest absolute Gasteiger partial charge is 0.283 e. The van der Waals surface area contributed by atoms with Gasteiger partial charge < -0.3 is 8.92 Å². The van der Waals surface area contributed by atoms with Gasteiger partial charge in [0.1, 0.15) is 5.75 Å². The Hall–Kier alpha value is -1.31. The number of ether oxygens (including phenoxy) is 1. The second-order valence-corrected chi connectivity index (χ2v) is 7.65. The van der Waals surface area contributed by atoms with Gasteiger partial charge in [0.05, 0.1) is 28.9 Å². The summed E-state index contributed by atoms with van der Waals surface area (Å²) in [5.74, 6) is 0.484. The minimum absolute atomic E-state index is 0.348. The number of nitrogens with zero attached hydrogens (tertiary/aromatic N) is 2. The maximum absolute atomic E-state index is 13.5. The van der Waals surface area contributed by atoms with E-state index < -0.39 is 10.2 Å². The van der Waals surface area contributed by atoms with E-state index in [1.807, 2.05) is 18.2 Å². The SMILES string of the molecule is O=S(=Nc1ccc(Cl)c(Cl)c1)(Oc1ccccc1)N1CCOCC1. The lowest BCUT2D eigenvalue weighted by atomic mass is 10.3. The van der Waals surface area contributed by atoms with Crippen LogP contribution in [0.5, 0.6) is 5.75 Å². The van der Waals surface area contributed by atoms with Crippen LogP contribution in [-0.4, -0.2) is 34.8 Å². The van der Waals surface area contributed by atoms with Gasteiger partial charge in [-0.05, 0) is 30.3 Å². The summed E-state index contributed by atoms with van der Waals surface area (Å²) in [6.45, 7) is 1.89. The van der Waals surface area contributed by atoms with Crippen molar-refractivity contribution in [3.8, 4) is 5.75 Å². The van der Waals surface area contributed by atoms with Crippen LogP contribution in [0.2, 0.25) is 10.0 Å². The molecule has 0 spiro atoms. The first kappa shape index (κ1) is 17.5. The number of para-hydroxylation sites is 1. The summed E-state index contributed by atoms with van der Waals surface area (Å²) in [6, 6.07) is 13.8. The first-order chi connectivity index (χ1) is 11.6. The Labute approximate surface area is 151 Å². The summed E-state index contributed by atoms with van der Waals surface area (Å²) in [6.07, 6.45) is 0. The number of rotatable bonds is 4. The highest BCUT2D eigenvalue weighted by Crippen LogP contribution is 2.29. The van der Waals surface area contributed by atoms with Crippen LogP contribution in [0.15, 0.2) is 52.9 Å². The second-order valence-electron chi connectivity index (χ2n) is 5.08. The first-order valence-corrected chi connectivity index (χ1v) is 9.52. The van der Waals surface area contributed by atoms with E-state index in [2.05, 4.69) is 4.36 Å². The molecular formula is C16H16Cl2N2O3S. The van der Waals surface area contributed by atoms with E-state index in [9.17, 15) is 4.21 Å². The van der Waals surface area contributed by atoms with Crippen molar-refractivity contribution in [1.82, 2.24) is 4.31 Å². The minimum atomic E-state index is -3.15. The van der Waals surface area contributed by atoms with Crippen molar-refractivity contribution in [1.29, 1.82) is 0 Å². The molecule has 1 aliphatic rings. The first-order valence-electron chi connectivity index (χ1n) is 7.36. The zero-order valence-electron chi connectivity index (χ0n) is 12.7. The van der Waals surface area contributed by atoms with Gasteiger partial charge in [-0.3, -0.25) is 0 Å². The largest absolute Gasteiger partial charge is 0.385 e. The van der Waals surface area contributed by atoms with Gasteiger partial charge in [-0.1, -0.05) is 41.4 Å². The van der Waals surface area contributed by atoms with Gasteiger partial charge in [0.15, 0.2) is 0 Å². The molecule has 0 radical (unpaired) electrons. The zero-order chi connectivity index (χ0) is 17.0. The lowest BCUT2D eigenvalue weighted by Crippen LogP contribution is -2.42. The van der Waals surface area contributed by atoms with E-state index in [0.29, 0.717) is 47.8 Å². The molecule has 3 rings (SSSR count). The summed E-state index contributed by atoms with van der Waals surface area (Å²) in [4.78, 5) is 0. The van der Waals surface area contributed by atoms with Crippen LogP contribution >= 0.6 is 23.2 Å². The van der Waals surface area contributed by atoms with Crippen LogP contribution in [0.25, 0.3) is 0 Å². The Bertz CT molecular complexity index is 817. The van der Waals surface area contributed by atoms with Gasteiger partial charge in [-0.15, -0.1) is 0 Å². The third kappa shape index (κ3) is 4.20. The van der Waals surface area contributed by atoms with E-state index in [1.54, 1.807) is 34.6 Å². The van der Waals surface area contributed by atoms with Crippen LogP contribution < -0.4 is 4.18 Å². The number of hydrogen-bond donors (Lipinski definition) is 0. The molecule has 1 saturated heterocycles. The average Bonchev–Trinajstić information content (AvgIpc) is 2.60. The quantitative estimate of drug-likeness (QED) is 0.785. The maximum Gasteiger partial charge on any atom is 0.283 e. The normalized spacial score (nSPS) is 17.9. The molecule has 1 atom stereocenters. The van der Waals surface area contributed by atoms with Crippen LogP contribution in [0.1, 0.15) is 0 Å². The second kappa shape index (κ2) is 7.72. The molecule has 0 aliphatic carbocycles. The topological polar surface area (TPSA) is 51.1 Å². The van der Waals surface area contributed by atoms with Gasteiger partial charge in [-0.2, -0.15) is 12.9 Å². The lowest BCUT2D eigenvalue weighted by Gasteiger charge is -2.28.